The molecule has 0 saturated carbocycles. The minimum atomic E-state index is 0.743. The van der Waals surface area contributed by atoms with E-state index in [9.17, 15) is 0 Å². The summed E-state index contributed by atoms with van der Waals surface area (Å²) in [6, 6.07) is 18.9. The molecule has 3 heterocycles. The molecule has 0 N–H and O–H groups in total. The minimum Gasteiger partial charge on any atom is -0.346 e. The Morgan fingerprint density at radius 1 is 0.800 bits per heavy atom. The van der Waals surface area contributed by atoms with Crippen LogP contribution in [0.25, 0.3) is 33.2 Å². The molecule has 152 valence electrons. The van der Waals surface area contributed by atoms with Gasteiger partial charge in [-0.25, -0.2) is 0 Å². The van der Waals surface area contributed by atoms with Crippen LogP contribution in [0.3, 0.4) is 0 Å². The lowest BCUT2D eigenvalue weighted by molar-refractivity contribution is 0.222. The Kier molecular flexibility index (Phi) is 5.56. The van der Waals surface area contributed by atoms with E-state index in [4.69, 9.17) is 11.6 Å². The maximum atomic E-state index is 6.20. The molecule has 3 nitrogen and oxygen atoms in total. The van der Waals surface area contributed by atoms with Crippen molar-refractivity contribution in [3.8, 4) is 22.3 Å². The number of hydrogen-bond donors (Lipinski definition) is 0. The summed E-state index contributed by atoms with van der Waals surface area (Å²) in [7, 11) is 0. The number of halogens is 1. The quantitative estimate of drug-likeness (QED) is 0.370. The highest BCUT2D eigenvalue weighted by Crippen LogP contribution is 2.33. The summed E-state index contributed by atoms with van der Waals surface area (Å²) < 4.78 is 2.41. The number of pyridine rings is 1. The lowest BCUT2D eigenvalue weighted by Crippen LogP contribution is -2.32. The largest absolute Gasteiger partial charge is 0.346 e. The van der Waals surface area contributed by atoms with Crippen LogP contribution in [0.2, 0.25) is 5.02 Å². The first-order valence-corrected chi connectivity index (χ1v) is 11.2. The summed E-state index contributed by atoms with van der Waals surface area (Å²) in [5.41, 5.74) is 5.84. The third-order valence-electron chi connectivity index (χ3n) is 6.10. The Hall–Kier alpha value is -2.62. The molecule has 0 bridgehead atoms. The van der Waals surface area contributed by atoms with Gasteiger partial charge in [0.2, 0.25) is 0 Å². The zero-order valence-corrected chi connectivity index (χ0v) is 17.9. The van der Waals surface area contributed by atoms with Crippen LogP contribution < -0.4 is 0 Å². The summed E-state index contributed by atoms with van der Waals surface area (Å²) in [5, 5.41) is 2.02. The van der Waals surface area contributed by atoms with E-state index in [-0.39, 0.29) is 0 Å². The SMILES string of the molecule is Clc1cccc(-c2cncc(-c3cn(CCN4CCCCC4)c4ccccc34)c2)c1. The standard InChI is InChI=1S/C26H26ClN3/c27-23-8-6-7-20(16-23)21-15-22(18-28-17-21)25-19-30(26-10-3-2-9-24(25)26)14-13-29-11-4-1-5-12-29/h2-3,6-10,15-19H,1,4-5,11-14H2. The lowest BCUT2D eigenvalue weighted by Gasteiger charge is -2.26. The molecule has 30 heavy (non-hydrogen) atoms. The molecule has 1 aliphatic heterocycles. The van der Waals surface area contributed by atoms with Gasteiger partial charge in [0.25, 0.3) is 0 Å². The van der Waals surface area contributed by atoms with Crippen molar-refractivity contribution in [2.24, 2.45) is 0 Å². The van der Waals surface area contributed by atoms with Crippen molar-refractivity contribution in [3.63, 3.8) is 0 Å². The summed E-state index contributed by atoms with van der Waals surface area (Å²) in [6.45, 7) is 4.59. The highest BCUT2D eigenvalue weighted by Gasteiger charge is 2.14. The van der Waals surface area contributed by atoms with Crippen molar-refractivity contribution >= 4 is 22.5 Å². The van der Waals surface area contributed by atoms with Crippen LogP contribution in [0.1, 0.15) is 19.3 Å². The van der Waals surface area contributed by atoms with E-state index in [0.717, 1.165) is 34.8 Å². The molecule has 0 amide bonds. The molecule has 4 aromatic rings. The van der Waals surface area contributed by atoms with Crippen molar-refractivity contribution in [2.75, 3.05) is 19.6 Å². The highest BCUT2D eigenvalue weighted by molar-refractivity contribution is 6.30. The topological polar surface area (TPSA) is 21.1 Å². The van der Waals surface area contributed by atoms with Gasteiger partial charge in [0.15, 0.2) is 0 Å². The van der Waals surface area contributed by atoms with Crippen LogP contribution in [0, 0.1) is 0 Å². The van der Waals surface area contributed by atoms with Crippen LogP contribution in [0.15, 0.2) is 73.2 Å². The van der Waals surface area contributed by atoms with E-state index >= 15 is 0 Å². The number of nitrogens with zero attached hydrogens (tertiary/aromatic N) is 3. The maximum Gasteiger partial charge on any atom is 0.0487 e. The molecule has 2 aromatic heterocycles. The first-order chi connectivity index (χ1) is 14.8. The Balaban J connectivity index is 1.49. The van der Waals surface area contributed by atoms with Crippen LogP contribution in [-0.4, -0.2) is 34.1 Å². The predicted molar refractivity (Wildman–Crippen MR) is 126 cm³/mol. The predicted octanol–water partition coefficient (Wildman–Crippen LogP) is 6.51. The van der Waals surface area contributed by atoms with Gasteiger partial charge in [-0.1, -0.05) is 48.4 Å². The van der Waals surface area contributed by atoms with Crippen LogP contribution >= 0.6 is 11.6 Å². The van der Waals surface area contributed by atoms with Crippen molar-refractivity contribution in [2.45, 2.75) is 25.8 Å². The smallest absolute Gasteiger partial charge is 0.0487 e. The number of likely N-dealkylation sites (tertiary alicyclic amines) is 1. The molecule has 0 radical (unpaired) electrons. The van der Waals surface area contributed by atoms with Gasteiger partial charge in [0, 0.05) is 64.3 Å². The normalized spacial score (nSPS) is 15.0. The Morgan fingerprint density at radius 2 is 1.63 bits per heavy atom. The first-order valence-electron chi connectivity index (χ1n) is 10.8. The van der Waals surface area contributed by atoms with Gasteiger partial charge in [0.1, 0.15) is 0 Å². The molecular weight excluding hydrogens is 390 g/mol. The van der Waals surface area contributed by atoms with E-state index in [0.29, 0.717) is 0 Å². The summed E-state index contributed by atoms with van der Waals surface area (Å²) in [4.78, 5) is 7.14. The van der Waals surface area contributed by atoms with E-state index in [1.807, 2.05) is 30.6 Å². The highest BCUT2D eigenvalue weighted by atomic mass is 35.5. The second-order valence-electron chi connectivity index (χ2n) is 8.13. The number of hydrogen-bond acceptors (Lipinski definition) is 2. The van der Waals surface area contributed by atoms with Crippen molar-refractivity contribution in [1.82, 2.24) is 14.5 Å². The number of para-hydroxylation sites is 1. The second kappa shape index (κ2) is 8.63. The molecule has 4 heteroatoms. The molecule has 0 aliphatic carbocycles. The summed E-state index contributed by atoms with van der Waals surface area (Å²) in [5.74, 6) is 0. The van der Waals surface area contributed by atoms with Gasteiger partial charge in [-0.15, -0.1) is 0 Å². The molecular formula is C26H26ClN3. The number of rotatable bonds is 5. The maximum absolute atomic E-state index is 6.20. The van der Waals surface area contributed by atoms with Crippen molar-refractivity contribution in [3.05, 3.63) is 78.2 Å². The average molecular weight is 416 g/mol. The Labute approximate surface area is 182 Å². The fourth-order valence-electron chi connectivity index (χ4n) is 4.51. The van der Waals surface area contributed by atoms with Gasteiger partial charge in [0.05, 0.1) is 0 Å². The first kappa shape index (κ1) is 19.3. The molecule has 1 fully saturated rings. The van der Waals surface area contributed by atoms with Gasteiger partial charge < -0.3 is 9.47 Å². The fourth-order valence-corrected chi connectivity index (χ4v) is 4.70. The molecule has 5 rings (SSSR count). The second-order valence-corrected chi connectivity index (χ2v) is 8.56. The van der Waals surface area contributed by atoms with Crippen molar-refractivity contribution < 1.29 is 0 Å². The van der Waals surface area contributed by atoms with Gasteiger partial charge in [-0.2, -0.15) is 0 Å². The zero-order chi connectivity index (χ0) is 20.3. The monoisotopic (exact) mass is 415 g/mol. The summed E-state index contributed by atoms with van der Waals surface area (Å²) >= 11 is 6.20. The molecule has 1 saturated heterocycles. The molecule has 1 aliphatic rings. The van der Waals surface area contributed by atoms with Crippen molar-refractivity contribution in [1.29, 1.82) is 0 Å². The minimum absolute atomic E-state index is 0.743. The fraction of sp³-hybridized carbons (Fsp3) is 0.269. The van der Waals surface area contributed by atoms with Crippen LogP contribution in [-0.2, 0) is 6.54 Å². The number of piperidine rings is 1. The Bertz CT molecular complexity index is 1160. The van der Waals surface area contributed by atoms with E-state index < -0.39 is 0 Å². The van der Waals surface area contributed by atoms with Gasteiger partial charge in [-0.3, -0.25) is 4.98 Å². The van der Waals surface area contributed by atoms with E-state index in [1.54, 1.807) is 0 Å². The molecule has 2 aromatic carbocycles. The average Bonchev–Trinajstić information content (AvgIpc) is 3.17. The molecule has 0 atom stereocenters. The third kappa shape index (κ3) is 4.00. The lowest BCUT2D eigenvalue weighted by atomic mass is 10.0. The van der Waals surface area contributed by atoms with Crippen LogP contribution in [0.5, 0.6) is 0 Å². The van der Waals surface area contributed by atoms with Gasteiger partial charge >= 0.3 is 0 Å². The Morgan fingerprint density at radius 3 is 2.50 bits per heavy atom. The number of aromatic nitrogens is 2. The van der Waals surface area contributed by atoms with Gasteiger partial charge in [-0.05, 0) is 55.8 Å². The molecule has 0 unspecified atom stereocenters. The van der Waals surface area contributed by atoms with Crippen LogP contribution in [0.4, 0.5) is 0 Å². The molecule has 0 spiro atoms. The third-order valence-corrected chi connectivity index (χ3v) is 6.34. The summed E-state index contributed by atoms with van der Waals surface area (Å²) in [6.07, 6.45) is 10.2. The van der Waals surface area contributed by atoms with E-state index in [2.05, 4.69) is 57.0 Å². The zero-order valence-electron chi connectivity index (χ0n) is 17.1. The number of fused-ring (bicyclic) bond motifs is 1. The van der Waals surface area contributed by atoms with E-state index in [1.165, 1.54) is 48.8 Å². The number of benzene rings is 2.